The van der Waals surface area contributed by atoms with Crippen LogP contribution in [0.2, 0.25) is 0 Å². The van der Waals surface area contributed by atoms with E-state index in [-0.39, 0.29) is 5.92 Å². The maximum Gasteiger partial charge on any atom is 0.216 e. The van der Waals surface area contributed by atoms with Crippen molar-refractivity contribution in [3.63, 3.8) is 0 Å². The number of rotatable bonds is 4. The van der Waals surface area contributed by atoms with Crippen molar-refractivity contribution in [1.82, 2.24) is 14.9 Å². The molecule has 98 valence electrons. The average molecular weight is 272 g/mol. The van der Waals surface area contributed by atoms with Crippen LogP contribution in [0.1, 0.15) is 31.2 Å². The van der Waals surface area contributed by atoms with Crippen LogP contribution in [0.3, 0.4) is 0 Å². The third kappa shape index (κ3) is 3.48. The molecule has 0 spiro atoms. The van der Waals surface area contributed by atoms with Crippen LogP contribution in [-0.4, -0.2) is 21.1 Å². The molecule has 0 bridgehead atoms. The van der Waals surface area contributed by atoms with E-state index in [2.05, 4.69) is 29.1 Å². The average Bonchev–Trinajstić information content (AvgIpc) is 2.77. The Bertz CT molecular complexity index is 635. The zero-order chi connectivity index (χ0) is 13.7. The van der Waals surface area contributed by atoms with Crippen LogP contribution < -0.4 is 0 Å². The lowest BCUT2D eigenvalue weighted by molar-refractivity contribution is 0.696. The van der Waals surface area contributed by atoms with Gasteiger partial charge in [0.25, 0.3) is 0 Å². The van der Waals surface area contributed by atoms with Gasteiger partial charge in [0.15, 0.2) is 5.82 Å². The summed E-state index contributed by atoms with van der Waals surface area (Å²) in [7, 11) is 0. The van der Waals surface area contributed by atoms with Gasteiger partial charge in [-0.05, 0) is 23.9 Å². The number of aromatic amines is 1. The van der Waals surface area contributed by atoms with Gasteiger partial charge in [0, 0.05) is 12.1 Å². The lowest BCUT2D eigenvalue weighted by Gasteiger charge is -2.01. The molecule has 0 fully saturated rings. The fourth-order valence-corrected chi connectivity index (χ4v) is 1.80. The Morgan fingerprint density at radius 1 is 1.32 bits per heavy atom. The summed E-state index contributed by atoms with van der Waals surface area (Å²) in [6.07, 6.45) is 5.58. The molecule has 19 heavy (non-hydrogen) atoms. The Hall–Kier alpha value is -2.01. The largest absolute Gasteiger partial charge is 0.250 e. The minimum absolute atomic E-state index is 0.267. The third-order valence-corrected chi connectivity index (χ3v) is 2.81. The number of benzene rings is 1. The van der Waals surface area contributed by atoms with Crippen molar-refractivity contribution in [1.29, 1.82) is 0 Å². The van der Waals surface area contributed by atoms with Crippen molar-refractivity contribution in [2.75, 3.05) is 0 Å². The topological polar surface area (TPSA) is 46.0 Å². The number of H-pyrrole nitrogens is 1. The molecule has 2 aromatic rings. The van der Waals surface area contributed by atoms with Gasteiger partial charge in [-0.2, -0.15) is 14.9 Å². The summed E-state index contributed by atoms with van der Waals surface area (Å²) in [6.45, 7) is 4.10. The number of allylic oxidation sites excluding steroid dienone is 1. The molecule has 0 aliphatic heterocycles. The fourth-order valence-electron chi connectivity index (χ4n) is 1.61. The van der Waals surface area contributed by atoms with Crippen LogP contribution in [0, 0.1) is 4.77 Å². The van der Waals surface area contributed by atoms with E-state index in [4.69, 9.17) is 12.2 Å². The SMILES string of the molecule is CC(C)c1n[nH]c(=S)n1/N=C\C=C/c1ccccc1. The molecule has 0 unspecified atom stereocenters. The van der Waals surface area contributed by atoms with Crippen LogP contribution in [0.4, 0.5) is 0 Å². The molecule has 2 rings (SSSR count). The van der Waals surface area contributed by atoms with Gasteiger partial charge in [-0.1, -0.05) is 50.3 Å². The summed E-state index contributed by atoms with van der Waals surface area (Å²) in [4.78, 5) is 0. The van der Waals surface area contributed by atoms with E-state index in [0.29, 0.717) is 4.77 Å². The van der Waals surface area contributed by atoms with E-state index < -0.39 is 0 Å². The highest BCUT2D eigenvalue weighted by molar-refractivity contribution is 7.71. The minimum atomic E-state index is 0.267. The Balaban J connectivity index is 2.14. The summed E-state index contributed by atoms with van der Waals surface area (Å²) in [5, 5.41) is 11.2. The van der Waals surface area contributed by atoms with Crippen LogP contribution in [0.15, 0.2) is 41.5 Å². The van der Waals surface area contributed by atoms with Gasteiger partial charge in [-0.3, -0.25) is 5.10 Å². The molecule has 4 nitrogen and oxygen atoms in total. The highest BCUT2D eigenvalue weighted by Gasteiger charge is 2.08. The minimum Gasteiger partial charge on any atom is -0.250 e. The molecule has 1 heterocycles. The highest BCUT2D eigenvalue weighted by atomic mass is 32.1. The van der Waals surface area contributed by atoms with Crippen molar-refractivity contribution < 1.29 is 0 Å². The summed E-state index contributed by atoms with van der Waals surface area (Å²) in [5.41, 5.74) is 1.13. The lowest BCUT2D eigenvalue weighted by Crippen LogP contribution is -2.00. The summed E-state index contributed by atoms with van der Waals surface area (Å²) < 4.78 is 2.16. The van der Waals surface area contributed by atoms with Crippen molar-refractivity contribution in [3.05, 3.63) is 52.6 Å². The highest BCUT2D eigenvalue weighted by Crippen LogP contribution is 2.10. The smallest absolute Gasteiger partial charge is 0.216 e. The summed E-state index contributed by atoms with van der Waals surface area (Å²) in [6, 6.07) is 10.1. The fraction of sp³-hybridized carbons (Fsp3) is 0.214. The van der Waals surface area contributed by atoms with Crippen LogP contribution in [-0.2, 0) is 0 Å². The van der Waals surface area contributed by atoms with Gasteiger partial charge in [-0.15, -0.1) is 0 Å². The number of aromatic nitrogens is 3. The predicted octanol–water partition coefficient (Wildman–Crippen LogP) is 3.61. The first kappa shape index (κ1) is 13.4. The predicted molar refractivity (Wildman–Crippen MR) is 80.9 cm³/mol. The number of nitrogens with zero attached hydrogens (tertiary/aromatic N) is 3. The quantitative estimate of drug-likeness (QED) is 0.682. The molecule has 0 saturated carbocycles. The number of hydrogen-bond acceptors (Lipinski definition) is 3. The van der Waals surface area contributed by atoms with Crippen molar-refractivity contribution in [3.8, 4) is 0 Å². The number of hydrogen-bond donors (Lipinski definition) is 1. The summed E-state index contributed by atoms with van der Waals surface area (Å²) in [5.74, 6) is 1.09. The monoisotopic (exact) mass is 272 g/mol. The molecule has 0 atom stereocenters. The molecule has 0 amide bonds. The van der Waals surface area contributed by atoms with Gasteiger partial charge in [0.1, 0.15) is 0 Å². The van der Waals surface area contributed by atoms with E-state index in [0.717, 1.165) is 11.4 Å². The zero-order valence-corrected chi connectivity index (χ0v) is 11.8. The molecule has 0 saturated heterocycles. The van der Waals surface area contributed by atoms with Crippen molar-refractivity contribution >= 4 is 24.5 Å². The molecule has 1 N–H and O–H groups in total. The molecule has 1 aromatic carbocycles. The first-order valence-electron chi connectivity index (χ1n) is 6.12. The molecular formula is C14H16N4S. The van der Waals surface area contributed by atoms with Gasteiger partial charge in [0.2, 0.25) is 4.77 Å². The van der Waals surface area contributed by atoms with Gasteiger partial charge in [-0.25, -0.2) is 0 Å². The Kier molecular flexibility index (Phi) is 4.41. The summed E-state index contributed by atoms with van der Waals surface area (Å²) >= 11 is 5.14. The Morgan fingerprint density at radius 2 is 2.05 bits per heavy atom. The Labute approximate surface area is 117 Å². The van der Waals surface area contributed by atoms with Gasteiger partial charge in [0.05, 0.1) is 0 Å². The van der Waals surface area contributed by atoms with E-state index in [1.54, 1.807) is 10.9 Å². The van der Waals surface area contributed by atoms with Crippen LogP contribution >= 0.6 is 12.2 Å². The number of nitrogens with one attached hydrogen (secondary N) is 1. The van der Waals surface area contributed by atoms with E-state index in [9.17, 15) is 0 Å². The second kappa shape index (κ2) is 6.24. The van der Waals surface area contributed by atoms with E-state index in [1.165, 1.54) is 0 Å². The van der Waals surface area contributed by atoms with Gasteiger partial charge < -0.3 is 0 Å². The normalized spacial score (nSPS) is 11.9. The molecular weight excluding hydrogens is 256 g/mol. The van der Waals surface area contributed by atoms with Gasteiger partial charge >= 0.3 is 0 Å². The standard InChI is InChI=1S/C14H16N4S/c1-11(2)13-16-17-14(19)18(13)15-10-6-9-12-7-4-3-5-8-12/h3-11H,1-2H3,(H,17,19)/b9-6-,15-10-. The maximum absolute atomic E-state index is 5.14. The molecule has 1 aromatic heterocycles. The van der Waals surface area contributed by atoms with Crippen molar-refractivity contribution in [2.45, 2.75) is 19.8 Å². The zero-order valence-electron chi connectivity index (χ0n) is 10.9. The third-order valence-electron chi connectivity index (χ3n) is 2.55. The second-order valence-corrected chi connectivity index (χ2v) is 4.77. The van der Waals surface area contributed by atoms with Crippen LogP contribution in [0.5, 0.6) is 0 Å². The Morgan fingerprint density at radius 3 is 2.74 bits per heavy atom. The molecule has 5 heteroatoms. The second-order valence-electron chi connectivity index (χ2n) is 4.39. The lowest BCUT2D eigenvalue weighted by atomic mass is 10.2. The van der Waals surface area contributed by atoms with E-state index in [1.807, 2.05) is 42.5 Å². The molecule has 0 aliphatic rings. The maximum atomic E-state index is 5.14. The van der Waals surface area contributed by atoms with Crippen LogP contribution in [0.25, 0.3) is 6.08 Å². The first-order chi connectivity index (χ1) is 9.18. The molecule has 0 radical (unpaired) electrons. The van der Waals surface area contributed by atoms with E-state index >= 15 is 0 Å². The first-order valence-corrected chi connectivity index (χ1v) is 6.52. The molecule has 0 aliphatic carbocycles. The van der Waals surface area contributed by atoms with Crippen molar-refractivity contribution in [2.24, 2.45) is 5.10 Å².